The number of benzene rings is 5. The second-order valence-electron chi connectivity index (χ2n) is 24.0. The van der Waals surface area contributed by atoms with Crippen LogP contribution in [-0.4, -0.2) is 184 Å². The third kappa shape index (κ3) is 27.2. The van der Waals surface area contributed by atoms with E-state index in [1.54, 1.807) is 18.2 Å². The highest BCUT2D eigenvalue weighted by Gasteiger charge is 2.31. The van der Waals surface area contributed by atoms with E-state index in [9.17, 15) is 65.3 Å². The van der Waals surface area contributed by atoms with E-state index in [2.05, 4.69) is 66.9 Å². The average Bonchev–Trinajstić information content (AvgIpc) is 0.941. The Kier molecular flexibility index (Phi) is 31.2. The minimum Gasteiger partial charge on any atom is -0.494 e. The summed E-state index contributed by atoms with van der Waals surface area (Å²) in [5.74, 6) is -6.82. The molecule has 570 valence electrons. The summed E-state index contributed by atoms with van der Waals surface area (Å²) in [7, 11) is -6.30. The van der Waals surface area contributed by atoms with E-state index in [4.69, 9.17) is 29.4 Å². The number of likely N-dealkylation sites (N-methyl/N-ethyl adjacent to an activating group) is 1. The van der Waals surface area contributed by atoms with E-state index in [1.165, 1.54) is 106 Å². The topological polar surface area (TPSA) is 459 Å². The molecule has 0 saturated heterocycles. The minimum atomic E-state index is -4.19. The number of hydrogen-bond donors (Lipinski definition) is 12. The van der Waals surface area contributed by atoms with Crippen LogP contribution in [0.3, 0.4) is 0 Å². The lowest BCUT2D eigenvalue weighted by Crippen LogP contribution is -2.55. The first-order chi connectivity index (χ1) is 50.5. The van der Waals surface area contributed by atoms with E-state index in [-0.39, 0.29) is 116 Å². The molecule has 5 atom stereocenters. The summed E-state index contributed by atoms with van der Waals surface area (Å²) in [5.41, 5.74) is 7.59. The molecule has 0 spiro atoms. The highest BCUT2D eigenvalue weighted by Crippen LogP contribution is 2.34. The Morgan fingerprint density at radius 2 is 1.36 bits per heavy atom. The third-order valence-corrected chi connectivity index (χ3v) is 18.2. The van der Waals surface area contributed by atoms with Crippen LogP contribution >= 0.6 is 0 Å². The number of carboxylic acid groups (broad SMARTS) is 1. The van der Waals surface area contributed by atoms with Gasteiger partial charge < -0.3 is 87.3 Å². The highest BCUT2D eigenvalue weighted by atomic mass is 32.2. The number of anilines is 6. The summed E-state index contributed by atoms with van der Waals surface area (Å²) in [5, 5.41) is 33.3. The normalized spacial score (nSPS) is 13.6. The first-order valence-corrected chi connectivity index (χ1v) is 36.9. The van der Waals surface area contributed by atoms with Crippen molar-refractivity contribution in [3.8, 4) is 22.8 Å². The minimum absolute atomic E-state index is 0.0255. The number of nitrogens with one attached hydrogen (secondary N) is 10. The summed E-state index contributed by atoms with van der Waals surface area (Å²) >= 11 is 0. The molecule has 0 fully saturated rings. The van der Waals surface area contributed by atoms with Crippen molar-refractivity contribution in [3.05, 3.63) is 138 Å². The highest BCUT2D eigenvalue weighted by molar-refractivity contribution is 7.93. The van der Waals surface area contributed by atoms with Crippen molar-refractivity contribution in [2.45, 2.75) is 94.1 Å². The fourth-order valence-corrected chi connectivity index (χ4v) is 12.5. The zero-order valence-corrected chi connectivity index (χ0v) is 60.3. The monoisotopic (exact) mass is 1510 g/mol. The van der Waals surface area contributed by atoms with Crippen LogP contribution in [0.4, 0.5) is 57.5 Å². The second kappa shape index (κ2) is 40.2. The molecule has 4 bridgehead atoms. The van der Waals surface area contributed by atoms with Gasteiger partial charge >= 0.3 is 24.1 Å². The van der Waals surface area contributed by atoms with Crippen LogP contribution in [0.25, 0.3) is 11.3 Å². The van der Waals surface area contributed by atoms with Gasteiger partial charge in [-0.2, -0.15) is 4.36 Å². The van der Waals surface area contributed by atoms with E-state index in [0.29, 0.717) is 54.2 Å². The summed E-state index contributed by atoms with van der Waals surface area (Å²) in [6.07, 6.45) is 2.38. The molecule has 5 aromatic carbocycles. The molecule has 7 rings (SSSR count). The molecule has 1 aliphatic heterocycles. The first-order valence-electron chi connectivity index (χ1n) is 33.4. The number of sulfonamides is 1. The van der Waals surface area contributed by atoms with Crippen LogP contribution in [0.1, 0.15) is 76.5 Å². The molecular weight excluding hydrogens is 1430 g/mol. The lowest BCUT2D eigenvalue weighted by molar-refractivity contribution is -0.141. The summed E-state index contributed by atoms with van der Waals surface area (Å²) in [6.45, 7) is 6.31. The maximum Gasteiger partial charge on any atom is 0.319 e. The Bertz CT molecular complexity index is 4360. The maximum atomic E-state index is 15.1. The summed E-state index contributed by atoms with van der Waals surface area (Å²) < 4.78 is 105. The van der Waals surface area contributed by atoms with Crippen molar-refractivity contribution >= 4 is 108 Å². The van der Waals surface area contributed by atoms with E-state index in [1.807, 2.05) is 6.92 Å². The molecule has 11 amide bonds. The quantitative estimate of drug-likeness (QED) is 0.0192. The van der Waals surface area contributed by atoms with Gasteiger partial charge in [0.2, 0.25) is 29.6 Å². The summed E-state index contributed by atoms with van der Waals surface area (Å²) in [6, 6.07) is 19.0. The Labute approximate surface area is 610 Å². The molecule has 1 aromatic heterocycles. The van der Waals surface area contributed by atoms with Crippen molar-refractivity contribution in [3.63, 3.8) is 0 Å². The molecule has 0 unspecified atom stereocenters. The zero-order valence-electron chi connectivity index (χ0n) is 58.6. The molecule has 106 heavy (non-hydrogen) atoms. The number of primary amides is 1. The van der Waals surface area contributed by atoms with Crippen LogP contribution in [0.2, 0.25) is 0 Å². The number of carbonyl (C=O) groups is 9. The Morgan fingerprint density at radius 1 is 0.717 bits per heavy atom. The number of urea groups is 3. The van der Waals surface area contributed by atoms with Gasteiger partial charge in [0.25, 0.3) is 15.9 Å². The average molecular weight is 1510 g/mol. The van der Waals surface area contributed by atoms with Crippen LogP contribution in [0.5, 0.6) is 11.5 Å². The van der Waals surface area contributed by atoms with Gasteiger partial charge in [-0.1, -0.05) is 25.1 Å². The molecule has 0 radical (unpaired) electrons. The number of carbonyl (C=O) groups excluding carboxylic acids is 8. The smallest absolute Gasteiger partial charge is 0.319 e. The number of aliphatic carboxylic acids is 1. The Hall–Kier alpha value is -11.2. The number of nitrogens with zero attached hydrogens (tertiary/aromatic N) is 4. The van der Waals surface area contributed by atoms with Crippen molar-refractivity contribution in [1.82, 2.24) is 41.5 Å². The number of halogens is 2. The van der Waals surface area contributed by atoms with Crippen LogP contribution < -0.4 is 67.8 Å². The molecular formula is C69H85F2N15O18S2. The number of carboxylic acids is 1. The van der Waals surface area contributed by atoms with E-state index < -0.39 is 122 Å². The maximum absolute atomic E-state index is 15.1. The van der Waals surface area contributed by atoms with Crippen LogP contribution in [-0.2, 0) is 68.5 Å². The molecule has 1 aliphatic rings. The van der Waals surface area contributed by atoms with Crippen LogP contribution in [0, 0.1) is 11.6 Å². The van der Waals surface area contributed by atoms with Gasteiger partial charge in [0.1, 0.15) is 41.1 Å². The van der Waals surface area contributed by atoms with Gasteiger partial charge in [0.15, 0.2) is 5.82 Å². The van der Waals surface area contributed by atoms with Gasteiger partial charge in [0.05, 0.1) is 98.3 Å². The lowest BCUT2D eigenvalue weighted by atomic mass is 10.0. The number of nitrogens with two attached hydrogens (primary N) is 1. The Balaban J connectivity index is 0.744. The number of hydrogen-bond acceptors (Lipinski definition) is 20. The number of amides is 11. The number of ether oxygens (including phenoxy) is 5. The van der Waals surface area contributed by atoms with Gasteiger partial charge in [-0.15, -0.1) is 0 Å². The molecule has 37 heteroatoms. The van der Waals surface area contributed by atoms with Crippen molar-refractivity contribution in [1.29, 1.82) is 0 Å². The van der Waals surface area contributed by atoms with E-state index >= 15 is 4.39 Å². The fourth-order valence-electron chi connectivity index (χ4n) is 10.1. The molecule has 2 heterocycles. The van der Waals surface area contributed by atoms with Crippen molar-refractivity contribution < 1.29 is 93.3 Å². The standard InChI is InChI=1S/C69H85F2N15O18S2/c1-6-22-73-67(94)80-49-12-10-14-53(37-49)106(98,99)84-50-13-9-11-45(34-50)56(39-61(89)90)82-69(96)79-48-18-16-47(17-19-48)78-68(95)74-23-27-101-29-31-102-30-28-100-26-21-59(87)76-42(2)65(93)86(4)43(3)64(92)81-57(63(72)91)38-60(88)85-105(5,97)41-44-32-51-36-52(33-44)103-24-7-8-25-104-58-35-46(70)15-20-54(58)62-55(71)40-75-66(77-51)83-62/h9-20,32-37,40,42-43,56-57,84H,6-8,21-31,38-39,41H2,1-5H3,(H2,72,91)(H,76,87)(H,81,92)(H,89,90)(H2,73,80,94)(H2,74,78,95)(H,75,77,83)(H2,79,82,96)/t42-,43-,56-,57-,105-/m0/s1. The largest absolute Gasteiger partial charge is 0.494 e. The molecule has 13 N–H and O–H groups in total. The van der Waals surface area contributed by atoms with Crippen molar-refractivity contribution in [2.75, 3.05) is 105 Å². The number of fused-ring (bicyclic) bond motifs is 6. The summed E-state index contributed by atoms with van der Waals surface area (Å²) in [4.78, 5) is 124. The number of rotatable bonds is 34. The first kappa shape index (κ1) is 82.1. The lowest BCUT2D eigenvalue weighted by Gasteiger charge is -2.28. The SMILES string of the molecule is CCCNC(=O)Nc1cccc(S(=O)(=O)Nc2cccc([C@H](CC(=O)O)NC(=O)Nc3ccc(NC(=O)NCCOCCOCCOCCC(=O)N[C@@H](C)C(=O)N(C)[C@@H](C)C(=O)N[C@@H](CC(=O)N=[S@@](C)(=O)Cc4cc5cc(c4)OCCCCOc4cc(F)ccc4-c4nc(ncc4F)N5)C(N)=O)cc3)c2)c1. The molecule has 33 nitrogen and oxygen atoms in total. The van der Waals surface area contributed by atoms with E-state index in [0.717, 1.165) is 23.2 Å². The molecule has 0 saturated carbocycles. The van der Waals surface area contributed by atoms with Gasteiger partial charge in [-0.3, -0.25) is 33.5 Å². The van der Waals surface area contributed by atoms with Gasteiger partial charge in [-0.05, 0) is 123 Å². The predicted octanol–water partition coefficient (Wildman–Crippen LogP) is 6.48. The van der Waals surface area contributed by atoms with Gasteiger partial charge in [0, 0.05) is 78.9 Å². The zero-order chi connectivity index (χ0) is 76.9. The van der Waals surface area contributed by atoms with Crippen LogP contribution in [0.15, 0.2) is 125 Å². The third-order valence-electron chi connectivity index (χ3n) is 15.4. The van der Waals surface area contributed by atoms with Gasteiger partial charge in [-0.25, -0.2) is 45.8 Å². The Morgan fingerprint density at radius 3 is 2.05 bits per heavy atom. The second-order valence-corrected chi connectivity index (χ2v) is 28.1. The molecule has 0 aliphatic carbocycles. The van der Waals surface area contributed by atoms with Crippen molar-refractivity contribution in [2.24, 2.45) is 10.1 Å². The number of aromatic nitrogens is 2. The fraction of sp³-hybridized carbons (Fsp3) is 0.377. The molecule has 6 aromatic rings. The predicted molar refractivity (Wildman–Crippen MR) is 387 cm³/mol.